The minimum Gasteiger partial charge on any atom is -0.455 e. The van der Waals surface area contributed by atoms with E-state index in [1.165, 1.54) is 53.6 Å². The lowest BCUT2D eigenvalue weighted by Gasteiger charge is -2.28. The zero-order valence-electron chi connectivity index (χ0n) is 31.0. The van der Waals surface area contributed by atoms with Crippen molar-refractivity contribution in [3.05, 3.63) is 212 Å². The van der Waals surface area contributed by atoms with Crippen LogP contribution >= 0.6 is 11.3 Å². The van der Waals surface area contributed by atoms with E-state index >= 15 is 0 Å². The Hall–Kier alpha value is -7.20. The Balaban J connectivity index is 1.04. The molecule has 0 amide bonds. The normalized spacial score (nSPS) is 11.5. The van der Waals surface area contributed by atoms with Gasteiger partial charge in [0.05, 0.1) is 5.69 Å². The molecule has 0 unspecified atom stereocenters. The van der Waals surface area contributed by atoms with Crippen LogP contribution in [0.1, 0.15) is 0 Å². The third-order valence-electron chi connectivity index (χ3n) is 11.1. The van der Waals surface area contributed by atoms with Gasteiger partial charge in [-0.15, -0.1) is 11.3 Å². The maximum Gasteiger partial charge on any atom is 0.143 e. The first-order valence-corrected chi connectivity index (χ1v) is 20.1. The quantitative estimate of drug-likeness (QED) is 0.162. The van der Waals surface area contributed by atoms with Gasteiger partial charge in [-0.25, -0.2) is 0 Å². The molecule has 0 aliphatic carbocycles. The highest BCUT2D eigenvalue weighted by molar-refractivity contribution is 7.18. The van der Waals surface area contributed by atoms with Crippen LogP contribution in [-0.2, 0) is 0 Å². The number of hydrogen-bond donors (Lipinski definition) is 0. The summed E-state index contributed by atoms with van der Waals surface area (Å²) in [5.41, 5.74) is 12.2. The van der Waals surface area contributed by atoms with Gasteiger partial charge in [-0.2, -0.15) is 0 Å². The van der Waals surface area contributed by atoms with Crippen LogP contribution in [0.3, 0.4) is 0 Å². The Kier molecular flexibility index (Phi) is 8.04. The van der Waals surface area contributed by atoms with Crippen LogP contribution in [0.2, 0.25) is 0 Å². The zero-order chi connectivity index (χ0) is 37.7. The number of fused-ring (bicyclic) bond motifs is 5. The monoisotopic (exact) mass is 745 g/mol. The van der Waals surface area contributed by atoms with Crippen LogP contribution in [-0.4, -0.2) is 0 Å². The number of benzene rings is 9. The number of furan rings is 1. The van der Waals surface area contributed by atoms with Crippen molar-refractivity contribution in [1.82, 2.24) is 0 Å². The topological polar surface area (TPSA) is 16.4 Å². The van der Waals surface area contributed by atoms with Crippen LogP contribution in [0.4, 0.5) is 17.1 Å². The van der Waals surface area contributed by atoms with E-state index in [0.29, 0.717) is 0 Å². The van der Waals surface area contributed by atoms with Gasteiger partial charge in [-0.05, 0) is 92.5 Å². The van der Waals surface area contributed by atoms with Crippen LogP contribution in [0.15, 0.2) is 217 Å². The average Bonchev–Trinajstić information content (AvgIpc) is 3.93. The Morgan fingerprint density at radius 2 is 0.877 bits per heavy atom. The highest BCUT2D eigenvalue weighted by Gasteiger charge is 2.19. The Morgan fingerprint density at radius 1 is 0.333 bits per heavy atom. The predicted octanol–water partition coefficient (Wildman–Crippen LogP) is 16.1. The smallest absolute Gasteiger partial charge is 0.143 e. The summed E-state index contributed by atoms with van der Waals surface area (Å²) in [5.74, 6) is 0. The second kappa shape index (κ2) is 13.8. The molecule has 57 heavy (non-hydrogen) atoms. The van der Waals surface area contributed by atoms with E-state index in [0.717, 1.165) is 50.1 Å². The molecule has 2 heterocycles. The molecule has 0 N–H and O–H groups in total. The summed E-state index contributed by atoms with van der Waals surface area (Å²) >= 11 is 1.83. The second-order valence-corrected chi connectivity index (χ2v) is 15.5. The molecule has 11 rings (SSSR count). The molecule has 0 bridgehead atoms. The molecule has 0 atom stereocenters. The molecule has 0 fully saturated rings. The minimum atomic E-state index is 0.906. The molecule has 0 aliphatic rings. The lowest BCUT2D eigenvalue weighted by molar-refractivity contribution is 0.670. The predicted molar refractivity (Wildman–Crippen MR) is 243 cm³/mol. The largest absolute Gasteiger partial charge is 0.455 e. The van der Waals surface area contributed by atoms with Gasteiger partial charge >= 0.3 is 0 Å². The molecule has 268 valence electrons. The average molecular weight is 746 g/mol. The van der Waals surface area contributed by atoms with Crippen LogP contribution < -0.4 is 4.90 Å². The first kappa shape index (κ1) is 33.2. The maximum atomic E-state index is 6.44. The van der Waals surface area contributed by atoms with E-state index in [4.69, 9.17) is 4.42 Å². The van der Waals surface area contributed by atoms with Crippen molar-refractivity contribution >= 4 is 71.9 Å². The van der Waals surface area contributed by atoms with Crippen molar-refractivity contribution in [1.29, 1.82) is 0 Å². The van der Waals surface area contributed by atoms with Gasteiger partial charge in [-0.1, -0.05) is 164 Å². The van der Waals surface area contributed by atoms with Crippen LogP contribution in [0.25, 0.3) is 86.6 Å². The Bertz CT molecular complexity index is 3220. The van der Waals surface area contributed by atoms with E-state index in [9.17, 15) is 0 Å². The molecular formula is C54H35NOS. The van der Waals surface area contributed by atoms with Gasteiger partial charge in [-0.3, -0.25) is 0 Å². The van der Waals surface area contributed by atoms with Crippen molar-refractivity contribution in [3.63, 3.8) is 0 Å². The first-order valence-electron chi connectivity index (χ1n) is 19.3. The van der Waals surface area contributed by atoms with Crippen molar-refractivity contribution in [3.8, 4) is 43.1 Å². The number of rotatable bonds is 7. The van der Waals surface area contributed by atoms with Crippen LogP contribution in [0, 0.1) is 0 Å². The fourth-order valence-corrected chi connectivity index (χ4v) is 9.41. The second-order valence-electron chi connectivity index (χ2n) is 14.4. The minimum absolute atomic E-state index is 0.906. The summed E-state index contributed by atoms with van der Waals surface area (Å²) < 4.78 is 6.44. The fourth-order valence-electron chi connectivity index (χ4n) is 8.39. The fraction of sp³-hybridized carbons (Fsp3) is 0. The van der Waals surface area contributed by atoms with E-state index in [1.807, 2.05) is 23.5 Å². The molecule has 0 saturated carbocycles. The molecule has 3 heteroatoms. The number of hydrogen-bond acceptors (Lipinski definition) is 3. The number of thiophene rings is 1. The van der Waals surface area contributed by atoms with E-state index in [1.54, 1.807) is 0 Å². The third-order valence-corrected chi connectivity index (χ3v) is 12.3. The van der Waals surface area contributed by atoms with Gasteiger partial charge in [0.15, 0.2) is 0 Å². The standard InChI is InChI=1S/C54H35NOS/c1-2-13-38(14-3-1)52-34-35-53(57-52)39-26-30-41(31-27-39)55(40-28-24-37(25-29-40)43-20-11-22-49-48-19-8-9-23-51(48)56-54(43)49)50-33-32-46(45-17-6-7-18-47(45)50)44-21-10-15-36-12-4-5-16-42(36)44/h1-35H. The molecule has 2 aromatic heterocycles. The summed E-state index contributed by atoms with van der Waals surface area (Å²) in [4.78, 5) is 4.92. The van der Waals surface area contributed by atoms with Crippen molar-refractivity contribution in [2.45, 2.75) is 0 Å². The SMILES string of the molecule is c1ccc(-c2ccc(-c3ccc(N(c4ccc(-c5cccc6c5oc5ccccc56)cc4)c4ccc(-c5cccc6ccccc56)c5ccccc45)cc3)s2)cc1. The van der Waals surface area contributed by atoms with E-state index < -0.39 is 0 Å². The Labute approximate surface area is 335 Å². The van der Waals surface area contributed by atoms with Gasteiger partial charge in [0.1, 0.15) is 11.2 Å². The summed E-state index contributed by atoms with van der Waals surface area (Å²) in [6.45, 7) is 0. The number of para-hydroxylation sites is 2. The summed E-state index contributed by atoms with van der Waals surface area (Å²) in [7, 11) is 0. The molecule has 0 radical (unpaired) electrons. The molecule has 2 nitrogen and oxygen atoms in total. The molecular weight excluding hydrogens is 711 g/mol. The van der Waals surface area contributed by atoms with Gasteiger partial charge in [0.2, 0.25) is 0 Å². The Morgan fingerprint density at radius 3 is 1.65 bits per heavy atom. The zero-order valence-corrected chi connectivity index (χ0v) is 31.8. The summed E-state index contributed by atoms with van der Waals surface area (Å²) in [5, 5.41) is 7.17. The van der Waals surface area contributed by atoms with Gasteiger partial charge in [0.25, 0.3) is 0 Å². The molecule has 0 aliphatic heterocycles. The maximum absolute atomic E-state index is 6.44. The van der Waals surface area contributed by atoms with Gasteiger partial charge in [0, 0.05) is 42.9 Å². The van der Waals surface area contributed by atoms with E-state index in [2.05, 4.69) is 205 Å². The van der Waals surface area contributed by atoms with Gasteiger partial charge < -0.3 is 9.32 Å². The molecule has 0 spiro atoms. The summed E-state index contributed by atoms with van der Waals surface area (Å²) in [6.07, 6.45) is 0. The number of nitrogens with zero attached hydrogens (tertiary/aromatic N) is 1. The highest BCUT2D eigenvalue weighted by Crippen LogP contribution is 2.45. The third kappa shape index (κ3) is 5.80. The molecule has 9 aromatic carbocycles. The van der Waals surface area contributed by atoms with Crippen LogP contribution in [0.5, 0.6) is 0 Å². The first-order chi connectivity index (χ1) is 28.3. The number of anilines is 3. The summed E-state index contributed by atoms with van der Waals surface area (Å²) in [6, 6.07) is 76.4. The molecule has 11 aromatic rings. The lowest BCUT2D eigenvalue weighted by Crippen LogP contribution is -2.10. The van der Waals surface area contributed by atoms with Crippen molar-refractivity contribution < 1.29 is 4.42 Å². The lowest BCUT2D eigenvalue weighted by atomic mass is 9.93. The van der Waals surface area contributed by atoms with Crippen molar-refractivity contribution in [2.24, 2.45) is 0 Å². The van der Waals surface area contributed by atoms with Crippen molar-refractivity contribution in [2.75, 3.05) is 4.90 Å². The molecule has 0 saturated heterocycles. The van der Waals surface area contributed by atoms with E-state index in [-0.39, 0.29) is 0 Å². The highest BCUT2D eigenvalue weighted by atomic mass is 32.1.